The Morgan fingerprint density at radius 1 is 1.07 bits per heavy atom. The topological polar surface area (TPSA) is 12.9 Å². The average Bonchev–Trinajstić information content (AvgIpc) is 2.82. The van der Waals surface area contributed by atoms with E-state index >= 15 is 0 Å². The minimum absolute atomic E-state index is 0.766. The number of benzene rings is 1. The van der Waals surface area contributed by atoms with Crippen molar-refractivity contribution in [2.24, 2.45) is 0 Å². The van der Waals surface area contributed by atoms with E-state index in [4.69, 9.17) is 0 Å². The molecular weight excluding hydrogens is 182 g/mol. The number of nitrogens with zero attached hydrogens (tertiary/aromatic N) is 1. The third-order valence-corrected chi connectivity index (χ3v) is 3.44. The lowest BCUT2D eigenvalue weighted by atomic mass is 9.98. The van der Waals surface area contributed by atoms with Gasteiger partial charge in [0.2, 0.25) is 0 Å². The maximum absolute atomic E-state index is 4.53. The van der Waals surface area contributed by atoms with Crippen LogP contribution in [0.1, 0.15) is 37.2 Å². The first-order chi connectivity index (χ1) is 7.43. The highest BCUT2D eigenvalue weighted by Gasteiger charge is 2.17. The minimum Gasteiger partial charge on any atom is -0.256 e. The van der Waals surface area contributed by atoms with E-state index in [1.165, 1.54) is 36.6 Å². The Morgan fingerprint density at radius 2 is 1.87 bits per heavy atom. The Bertz CT molecular complexity index is 469. The number of aromatic nitrogens is 1. The van der Waals surface area contributed by atoms with Crippen LogP contribution in [0.4, 0.5) is 0 Å². The van der Waals surface area contributed by atoms with Crippen molar-refractivity contribution in [2.45, 2.75) is 31.6 Å². The van der Waals surface area contributed by atoms with Crippen LogP contribution in [0.25, 0.3) is 10.9 Å². The number of para-hydroxylation sites is 1. The summed E-state index contributed by atoms with van der Waals surface area (Å²) >= 11 is 0. The lowest BCUT2D eigenvalue weighted by molar-refractivity contribution is 0.721. The first-order valence-corrected chi connectivity index (χ1v) is 5.78. The van der Waals surface area contributed by atoms with Crippen LogP contribution >= 0.6 is 0 Å². The quantitative estimate of drug-likeness (QED) is 0.675. The van der Waals surface area contributed by atoms with E-state index in [-0.39, 0.29) is 0 Å². The van der Waals surface area contributed by atoms with Crippen molar-refractivity contribution in [3.63, 3.8) is 0 Å². The molecule has 0 saturated heterocycles. The molecule has 76 valence electrons. The Kier molecular flexibility index (Phi) is 2.17. The van der Waals surface area contributed by atoms with Gasteiger partial charge < -0.3 is 0 Å². The summed E-state index contributed by atoms with van der Waals surface area (Å²) in [6.07, 6.45) is 7.54. The summed E-state index contributed by atoms with van der Waals surface area (Å²) in [5.74, 6) is 0.766. The summed E-state index contributed by atoms with van der Waals surface area (Å²) in [4.78, 5) is 4.53. The van der Waals surface area contributed by atoms with E-state index in [1.807, 2.05) is 6.07 Å². The summed E-state index contributed by atoms with van der Waals surface area (Å²) in [7, 11) is 0. The highest BCUT2D eigenvalue weighted by Crippen LogP contribution is 2.34. The predicted octanol–water partition coefficient (Wildman–Crippen LogP) is 3.89. The first kappa shape index (κ1) is 8.90. The fourth-order valence-corrected chi connectivity index (χ4v) is 2.57. The van der Waals surface area contributed by atoms with Crippen molar-refractivity contribution in [3.05, 3.63) is 42.1 Å². The van der Waals surface area contributed by atoms with Crippen LogP contribution in [0.3, 0.4) is 0 Å². The van der Waals surface area contributed by atoms with E-state index in [2.05, 4.69) is 35.4 Å². The zero-order valence-corrected chi connectivity index (χ0v) is 8.82. The van der Waals surface area contributed by atoms with Gasteiger partial charge in [0.15, 0.2) is 0 Å². The molecule has 15 heavy (non-hydrogen) atoms. The standard InChI is InChI=1S/C14H15N/c1-2-6-11(5-1)13-9-12-7-3-4-8-14(12)15-10-13/h3-4,7-11H,1-2,5-6H2. The molecule has 1 aliphatic carbocycles. The first-order valence-electron chi connectivity index (χ1n) is 5.78. The third kappa shape index (κ3) is 1.63. The van der Waals surface area contributed by atoms with Gasteiger partial charge in [0.05, 0.1) is 5.52 Å². The van der Waals surface area contributed by atoms with Crippen LogP contribution in [0.5, 0.6) is 0 Å². The summed E-state index contributed by atoms with van der Waals surface area (Å²) < 4.78 is 0. The zero-order chi connectivity index (χ0) is 10.1. The molecule has 0 spiro atoms. The molecule has 1 aromatic heterocycles. The van der Waals surface area contributed by atoms with Gasteiger partial charge in [-0.15, -0.1) is 0 Å². The van der Waals surface area contributed by atoms with Crippen molar-refractivity contribution in [1.29, 1.82) is 0 Å². The lowest BCUT2D eigenvalue weighted by Crippen LogP contribution is -1.93. The van der Waals surface area contributed by atoms with Gasteiger partial charge >= 0.3 is 0 Å². The normalized spacial score (nSPS) is 17.3. The van der Waals surface area contributed by atoms with Gasteiger partial charge in [-0.1, -0.05) is 31.0 Å². The molecule has 1 aliphatic rings. The molecule has 1 aromatic carbocycles. The van der Waals surface area contributed by atoms with Gasteiger partial charge in [0, 0.05) is 11.6 Å². The van der Waals surface area contributed by atoms with Crippen LogP contribution < -0.4 is 0 Å². The number of rotatable bonds is 1. The van der Waals surface area contributed by atoms with Gasteiger partial charge in [-0.2, -0.15) is 0 Å². The fourth-order valence-electron chi connectivity index (χ4n) is 2.57. The molecule has 1 heteroatoms. The zero-order valence-electron chi connectivity index (χ0n) is 8.82. The molecule has 1 saturated carbocycles. The molecule has 0 N–H and O–H groups in total. The number of fused-ring (bicyclic) bond motifs is 1. The van der Waals surface area contributed by atoms with Crippen molar-refractivity contribution in [1.82, 2.24) is 4.98 Å². The molecule has 0 amide bonds. The second-order valence-corrected chi connectivity index (χ2v) is 4.44. The highest BCUT2D eigenvalue weighted by atomic mass is 14.7. The molecule has 0 atom stereocenters. The summed E-state index contributed by atoms with van der Waals surface area (Å²) in [6, 6.07) is 10.7. The second kappa shape index (κ2) is 3.65. The van der Waals surface area contributed by atoms with Crippen LogP contribution in [0.15, 0.2) is 36.5 Å². The lowest BCUT2D eigenvalue weighted by Gasteiger charge is -2.09. The fraction of sp³-hybridized carbons (Fsp3) is 0.357. The van der Waals surface area contributed by atoms with Gasteiger partial charge in [0.1, 0.15) is 0 Å². The van der Waals surface area contributed by atoms with Gasteiger partial charge in [-0.3, -0.25) is 4.98 Å². The predicted molar refractivity (Wildman–Crippen MR) is 63.0 cm³/mol. The SMILES string of the molecule is c1ccc2ncc(C3CCCC3)cc2c1. The van der Waals surface area contributed by atoms with Crippen molar-refractivity contribution in [2.75, 3.05) is 0 Å². The van der Waals surface area contributed by atoms with E-state index in [9.17, 15) is 0 Å². The molecule has 3 rings (SSSR count). The molecule has 0 unspecified atom stereocenters. The molecule has 0 radical (unpaired) electrons. The summed E-state index contributed by atoms with van der Waals surface area (Å²) in [6.45, 7) is 0. The summed E-state index contributed by atoms with van der Waals surface area (Å²) in [5.41, 5.74) is 2.55. The monoisotopic (exact) mass is 197 g/mol. The molecule has 1 nitrogen and oxygen atoms in total. The molecular formula is C14H15N. The largest absolute Gasteiger partial charge is 0.256 e. The number of hydrogen-bond donors (Lipinski definition) is 0. The van der Waals surface area contributed by atoms with Crippen LogP contribution in [-0.4, -0.2) is 4.98 Å². The van der Waals surface area contributed by atoms with Gasteiger partial charge in [-0.05, 0) is 36.5 Å². The van der Waals surface area contributed by atoms with Gasteiger partial charge in [0.25, 0.3) is 0 Å². The van der Waals surface area contributed by atoms with Crippen molar-refractivity contribution >= 4 is 10.9 Å². The smallest absolute Gasteiger partial charge is 0.0702 e. The van der Waals surface area contributed by atoms with E-state index in [0.717, 1.165) is 11.4 Å². The molecule has 0 bridgehead atoms. The summed E-state index contributed by atoms with van der Waals surface area (Å²) in [5, 5.41) is 1.28. The van der Waals surface area contributed by atoms with Gasteiger partial charge in [-0.25, -0.2) is 0 Å². The Morgan fingerprint density at radius 3 is 2.73 bits per heavy atom. The van der Waals surface area contributed by atoms with E-state index in [0.29, 0.717) is 0 Å². The maximum atomic E-state index is 4.53. The molecule has 0 aliphatic heterocycles. The molecule has 1 heterocycles. The molecule has 1 fully saturated rings. The van der Waals surface area contributed by atoms with Crippen molar-refractivity contribution < 1.29 is 0 Å². The average molecular weight is 197 g/mol. The van der Waals surface area contributed by atoms with Crippen LogP contribution in [0, 0.1) is 0 Å². The Hall–Kier alpha value is -1.37. The van der Waals surface area contributed by atoms with E-state index < -0.39 is 0 Å². The number of hydrogen-bond acceptors (Lipinski definition) is 1. The van der Waals surface area contributed by atoms with E-state index in [1.54, 1.807) is 0 Å². The Balaban J connectivity index is 2.05. The number of pyridine rings is 1. The highest BCUT2D eigenvalue weighted by molar-refractivity contribution is 5.78. The molecule has 2 aromatic rings. The van der Waals surface area contributed by atoms with Crippen LogP contribution in [0.2, 0.25) is 0 Å². The van der Waals surface area contributed by atoms with Crippen LogP contribution in [-0.2, 0) is 0 Å². The minimum atomic E-state index is 0.766. The third-order valence-electron chi connectivity index (χ3n) is 3.44. The van der Waals surface area contributed by atoms with Crippen molar-refractivity contribution in [3.8, 4) is 0 Å². The second-order valence-electron chi connectivity index (χ2n) is 4.44. The maximum Gasteiger partial charge on any atom is 0.0702 e. The Labute approximate surface area is 90.2 Å².